The number of esters is 1. The summed E-state index contributed by atoms with van der Waals surface area (Å²) in [6.45, 7) is 2.34. The third kappa shape index (κ3) is 1.95. The first-order chi connectivity index (χ1) is 16.3. The number of rotatable bonds is 1. The molecule has 0 aliphatic carbocycles. The van der Waals surface area contributed by atoms with Gasteiger partial charge in [-0.2, -0.15) is 5.26 Å². The summed E-state index contributed by atoms with van der Waals surface area (Å²) in [7, 11) is 1.21. The van der Waals surface area contributed by atoms with Crippen LogP contribution < -0.4 is 10.6 Å². The van der Waals surface area contributed by atoms with Crippen molar-refractivity contribution in [2.45, 2.75) is 36.8 Å². The van der Waals surface area contributed by atoms with Gasteiger partial charge in [0.1, 0.15) is 11.0 Å². The minimum atomic E-state index is -1.99. The predicted molar refractivity (Wildman–Crippen MR) is 123 cm³/mol. The molecule has 0 bridgehead atoms. The minimum absolute atomic E-state index is 0.330. The molecule has 2 spiro atoms. The number of carbonyl (C=O) groups excluding carboxylic acids is 3. The second kappa shape index (κ2) is 6.59. The van der Waals surface area contributed by atoms with Crippen LogP contribution >= 0.6 is 11.6 Å². The molecule has 9 heteroatoms. The van der Waals surface area contributed by atoms with Gasteiger partial charge in [-0.05, 0) is 56.1 Å². The monoisotopic (exact) mass is 476 g/mol. The molecule has 4 atom stereocenters. The molecule has 2 saturated heterocycles. The Morgan fingerprint density at radius 1 is 1.15 bits per heavy atom. The first kappa shape index (κ1) is 21.1. The van der Waals surface area contributed by atoms with Gasteiger partial charge in [-0.25, -0.2) is 0 Å². The van der Waals surface area contributed by atoms with Crippen molar-refractivity contribution in [1.29, 1.82) is 5.26 Å². The number of aryl methyl sites for hydroxylation is 1. The molecular weight excluding hydrogens is 456 g/mol. The van der Waals surface area contributed by atoms with Gasteiger partial charge in [0, 0.05) is 28.0 Å². The Bertz CT molecular complexity index is 1370. The SMILES string of the molecule is COC(=O)[C@@]1(C#N)C2CCCN2[C@]2(C(=O)Nc3ccc(C)cc32)[C@@]12C(=O)Nc1ccc(Cl)cc12. The lowest BCUT2D eigenvalue weighted by molar-refractivity contribution is -0.157. The van der Waals surface area contributed by atoms with E-state index in [1.165, 1.54) is 7.11 Å². The Balaban J connectivity index is 1.86. The number of ether oxygens (including phenoxy) is 1. The molecule has 0 radical (unpaired) electrons. The van der Waals surface area contributed by atoms with Crippen molar-refractivity contribution in [2.24, 2.45) is 5.41 Å². The first-order valence-electron chi connectivity index (χ1n) is 11.1. The van der Waals surface area contributed by atoms with Crippen molar-refractivity contribution < 1.29 is 19.1 Å². The number of hydrogen-bond donors (Lipinski definition) is 2. The Morgan fingerprint density at radius 2 is 1.85 bits per heavy atom. The summed E-state index contributed by atoms with van der Waals surface area (Å²) in [6, 6.07) is 11.9. The zero-order valence-corrected chi connectivity index (χ0v) is 19.3. The molecule has 2 amide bonds. The van der Waals surface area contributed by atoms with Crippen LogP contribution in [-0.2, 0) is 30.1 Å². The van der Waals surface area contributed by atoms with Crippen LogP contribution in [0.15, 0.2) is 36.4 Å². The third-order valence-electron chi connectivity index (χ3n) is 8.12. The van der Waals surface area contributed by atoms with Crippen LogP contribution in [0.1, 0.15) is 29.5 Å². The van der Waals surface area contributed by atoms with E-state index in [-0.39, 0.29) is 0 Å². The van der Waals surface area contributed by atoms with E-state index in [9.17, 15) is 19.6 Å². The Labute approximate surface area is 200 Å². The van der Waals surface area contributed by atoms with Gasteiger partial charge in [-0.15, -0.1) is 0 Å². The van der Waals surface area contributed by atoms with Gasteiger partial charge in [0.2, 0.25) is 5.91 Å². The van der Waals surface area contributed by atoms with Gasteiger partial charge in [-0.1, -0.05) is 29.3 Å². The number of benzene rings is 2. The van der Waals surface area contributed by atoms with E-state index in [2.05, 4.69) is 16.7 Å². The zero-order valence-electron chi connectivity index (χ0n) is 18.6. The number of methoxy groups -OCH3 is 1. The Kier molecular flexibility index (Phi) is 4.10. The lowest BCUT2D eigenvalue weighted by Crippen LogP contribution is -2.65. The summed E-state index contributed by atoms with van der Waals surface area (Å²) in [5.41, 5.74) is -2.74. The number of nitriles is 1. The highest BCUT2D eigenvalue weighted by Crippen LogP contribution is 2.72. The molecule has 0 aromatic heterocycles. The molecule has 4 aliphatic heterocycles. The van der Waals surface area contributed by atoms with Crippen molar-refractivity contribution in [3.8, 4) is 6.07 Å². The first-order valence-corrected chi connectivity index (χ1v) is 11.5. The van der Waals surface area contributed by atoms with Crippen molar-refractivity contribution in [2.75, 3.05) is 24.3 Å². The van der Waals surface area contributed by atoms with Crippen LogP contribution in [0.25, 0.3) is 0 Å². The maximum atomic E-state index is 14.3. The molecular formula is C25H21ClN4O4. The number of nitrogens with one attached hydrogen (secondary N) is 2. The molecule has 172 valence electrons. The maximum Gasteiger partial charge on any atom is 0.329 e. The second-order valence-electron chi connectivity index (χ2n) is 9.37. The van der Waals surface area contributed by atoms with Gasteiger partial charge < -0.3 is 15.4 Å². The Hall–Kier alpha value is -3.41. The summed E-state index contributed by atoms with van der Waals surface area (Å²) in [5, 5.41) is 17.0. The number of fused-ring (bicyclic) bond motifs is 7. The normalized spacial score (nSPS) is 32.8. The van der Waals surface area contributed by atoms with E-state index in [4.69, 9.17) is 16.3 Å². The Morgan fingerprint density at radius 3 is 2.59 bits per heavy atom. The highest BCUT2D eigenvalue weighted by molar-refractivity contribution is 6.31. The molecule has 0 saturated carbocycles. The predicted octanol–water partition coefficient (Wildman–Crippen LogP) is 2.85. The third-order valence-corrected chi connectivity index (χ3v) is 8.35. The fourth-order valence-electron chi connectivity index (χ4n) is 7.11. The van der Waals surface area contributed by atoms with Gasteiger partial charge in [0.05, 0.1) is 13.2 Å². The summed E-state index contributed by atoms with van der Waals surface area (Å²) in [4.78, 5) is 44.1. The summed E-state index contributed by atoms with van der Waals surface area (Å²) in [5.74, 6) is -1.86. The molecule has 2 fully saturated rings. The zero-order chi connectivity index (χ0) is 24.0. The van der Waals surface area contributed by atoms with Crippen LogP contribution in [0.5, 0.6) is 0 Å². The molecule has 2 N–H and O–H groups in total. The van der Waals surface area contributed by atoms with Crippen LogP contribution in [0.4, 0.5) is 11.4 Å². The van der Waals surface area contributed by atoms with Crippen molar-refractivity contribution in [1.82, 2.24) is 4.90 Å². The van der Waals surface area contributed by atoms with E-state index in [1.54, 1.807) is 24.3 Å². The standard InChI is InChI=1S/C25H21ClN4O4/c1-13-5-7-18-16(10-13)25(21(32)29-18)24(15-11-14(26)6-8-17(15)28-20(24)31)23(12-27,22(33)34-2)19-4-3-9-30(19)25/h5-8,10-11,19H,3-4,9H2,1-2H3,(H,28,31)(H,29,32)/t19?,23-,24+,25-/m1/s1. The summed E-state index contributed by atoms with van der Waals surface area (Å²) in [6.07, 6.45) is 1.13. The van der Waals surface area contributed by atoms with Crippen molar-refractivity contribution in [3.63, 3.8) is 0 Å². The quantitative estimate of drug-likeness (QED) is 0.612. The average molecular weight is 477 g/mol. The van der Waals surface area contributed by atoms with Gasteiger partial charge in [0.15, 0.2) is 5.41 Å². The fraction of sp³-hybridized carbons (Fsp3) is 0.360. The molecule has 4 aliphatic rings. The lowest BCUT2D eigenvalue weighted by atomic mass is 9.51. The van der Waals surface area contributed by atoms with E-state index in [1.807, 2.05) is 24.0 Å². The minimum Gasteiger partial charge on any atom is -0.468 e. The molecule has 8 nitrogen and oxygen atoms in total. The van der Waals surface area contributed by atoms with Crippen molar-refractivity contribution >= 4 is 40.8 Å². The number of anilines is 2. The summed E-state index contributed by atoms with van der Waals surface area (Å²) >= 11 is 6.41. The molecule has 2 aromatic carbocycles. The van der Waals surface area contributed by atoms with Crippen LogP contribution in [-0.4, -0.2) is 42.4 Å². The van der Waals surface area contributed by atoms with Crippen LogP contribution in [0, 0.1) is 23.7 Å². The second-order valence-corrected chi connectivity index (χ2v) is 9.81. The highest BCUT2D eigenvalue weighted by atomic mass is 35.5. The summed E-state index contributed by atoms with van der Waals surface area (Å²) < 4.78 is 5.23. The molecule has 1 unspecified atom stereocenters. The number of hydrogen-bond acceptors (Lipinski definition) is 6. The van der Waals surface area contributed by atoms with Gasteiger partial charge in [0.25, 0.3) is 5.91 Å². The van der Waals surface area contributed by atoms with E-state index in [0.717, 1.165) is 5.56 Å². The van der Waals surface area contributed by atoms with E-state index < -0.39 is 40.2 Å². The molecule has 4 heterocycles. The van der Waals surface area contributed by atoms with Crippen LogP contribution in [0.2, 0.25) is 5.02 Å². The van der Waals surface area contributed by atoms with Crippen LogP contribution in [0.3, 0.4) is 0 Å². The average Bonchev–Trinajstić information content (AvgIpc) is 3.53. The molecule has 34 heavy (non-hydrogen) atoms. The lowest BCUT2D eigenvalue weighted by Gasteiger charge is -2.45. The number of nitrogens with zero attached hydrogens (tertiary/aromatic N) is 2. The van der Waals surface area contributed by atoms with Gasteiger partial charge in [-0.3, -0.25) is 19.3 Å². The van der Waals surface area contributed by atoms with Gasteiger partial charge >= 0.3 is 5.97 Å². The molecule has 2 aromatic rings. The number of carbonyl (C=O) groups is 3. The van der Waals surface area contributed by atoms with E-state index >= 15 is 0 Å². The topological polar surface area (TPSA) is 112 Å². The van der Waals surface area contributed by atoms with Crippen molar-refractivity contribution in [3.05, 3.63) is 58.1 Å². The largest absolute Gasteiger partial charge is 0.468 e. The smallest absolute Gasteiger partial charge is 0.329 e. The fourth-order valence-corrected chi connectivity index (χ4v) is 7.28. The maximum absolute atomic E-state index is 14.3. The highest BCUT2D eigenvalue weighted by Gasteiger charge is 2.88. The number of amides is 2. The van der Waals surface area contributed by atoms with E-state index in [0.29, 0.717) is 46.9 Å². The number of halogens is 1. The molecule has 6 rings (SSSR count).